The van der Waals surface area contributed by atoms with Gasteiger partial charge in [-0.25, -0.2) is 0 Å². The second-order valence-electron chi connectivity index (χ2n) is 9.73. The van der Waals surface area contributed by atoms with Gasteiger partial charge in [-0.2, -0.15) is 0 Å². The summed E-state index contributed by atoms with van der Waals surface area (Å²) in [6, 6.07) is 0. The lowest BCUT2D eigenvalue weighted by Gasteiger charge is -2.16. The topological polar surface area (TPSA) is 120 Å². The highest BCUT2D eigenvalue weighted by molar-refractivity contribution is 6.69. The van der Waals surface area contributed by atoms with Crippen LogP contribution in [0, 0.1) is 0 Å². The summed E-state index contributed by atoms with van der Waals surface area (Å²) < 4.78 is 70.6. The molecule has 13 nitrogen and oxygen atoms in total. The third kappa shape index (κ3) is 41.3. The number of hydrogen-bond acceptors (Lipinski definition) is 13. The van der Waals surface area contributed by atoms with E-state index >= 15 is 0 Å². The molecule has 0 heterocycles. The fraction of sp³-hybridized carbons (Fsp3) is 0.931. The van der Waals surface area contributed by atoms with Crippen molar-refractivity contribution in [2.24, 2.45) is 0 Å². The molecule has 0 aromatic rings. The van der Waals surface area contributed by atoms with E-state index in [2.05, 4.69) is 26.2 Å². The lowest BCUT2D eigenvalue weighted by molar-refractivity contribution is -0.0281. The minimum Gasteiger partial charge on any atom is -0.499 e. The van der Waals surface area contributed by atoms with Crippen LogP contribution in [0.5, 0.6) is 0 Å². The van der Waals surface area contributed by atoms with Crippen molar-refractivity contribution < 1.29 is 61.3 Å². The van der Waals surface area contributed by atoms with E-state index in [0.29, 0.717) is 159 Å². The van der Waals surface area contributed by atoms with Gasteiger partial charge >= 0.3 is 0 Å². The average Bonchev–Trinajstić information content (AvgIpc) is 2.98. The van der Waals surface area contributed by atoms with E-state index in [1.807, 2.05) is 0 Å². The first-order valence-corrected chi connectivity index (χ1v) is 18.7. The Hall–Kier alpha value is -0.723. The van der Waals surface area contributed by atoms with Crippen LogP contribution in [0.2, 0.25) is 19.6 Å². The number of ether oxygens (including phenoxy) is 12. The Morgan fingerprint density at radius 2 is 0.512 bits per heavy atom. The van der Waals surface area contributed by atoms with Gasteiger partial charge in [-0.1, -0.05) is 6.58 Å². The van der Waals surface area contributed by atoms with Crippen molar-refractivity contribution in [1.82, 2.24) is 0 Å². The molecule has 14 heteroatoms. The van der Waals surface area contributed by atoms with Gasteiger partial charge in [0.2, 0.25) is 0 Å². The molecule has 0 saturated carbocycles. The van der Waals surface area contributed by atoms with Gasteiger partial charge in [-0.05, 0) is 19.6 Å². The minimum absolute atomic E-state index is 0.502. The molecule has 0 rings (SSSR count). The van der Waals surface area contributed by atoms with E-state index in [9.17, 15) is 0 Å². The lowest BCUT2D eigenvalue weighted by Crippen LogP contribution is -2.27. The molecule has 258 valence electrons. The van der Waals surface area contributed by atoms with E-state index in [1.54, 1.807) is 0 Å². The van der Waals surface area contributed by atoms with Crippen molar-refractivity contribution in [3.05, 3.63) is 12.8 Å². The number of hydrogen-bond donors (Lipinski definition) is 0. The molecular weight excluding hydrogens is 584 g/mol. The highest BCUT2D eigenvalue weighted by Crippen LogP contribution is 2.01. The second kappa shape index (κ2) is 35.8. The van der Waals surface area contributed by atoms with E-state index < -0.39 is 8.32 Å². The Bertz CT molecular complexity index is 541. The number of rotatable bonds is 38. The van der Waals surface area contributed by atoms with Crippen molar-refractivity contribution >= 4 is 8.32 Å². The Kier molecular flexibility index (Phi) is 35.2. The first kappa shape index (κ1) is 42.3. The molecule has 0 aromatic carbocycles. The summed E-state index contributed by atoms with van der Waals surface area (Å²) in [5.41, 5.74) is 0. The predicted octanol–water partition coefficient (Wildman–Crippen LogP) is 2.18. The van der Waals surface area contributed by atoms with Crippen LogP contribution in [0.25, 0.3) is 0 Å². The zero-order valence-corrected chi connectivity index (χ0v) is 28.1. The van der Waals surface area contributed by atoms with E-state index in [-0.39, 0.29) is 0 Å². The Balaban J connectivity index is 3.05. The summed E-state index contributed by atoms with van der Waals surface area (Å²) in [6.07, 6.45) is 1.40. The van der Waals surface area contributed by atoms with Crippen LogP contribution in [0.15, 0.2) is 12.8 Å². The largest absolute Gasteiger partial charge is 0.499 e. The van der Waals surface area contributed by atoms with Gasteiger partial charge in [0.25, 0.3) is 0 Å². The van der Waals surface area contributed by atoms with Crippen molar-refractivity contribution in [2.75, 3.05) is 159 Å². The molecule has 0 aromatic heterocycles. The second-order valence-corrected chi connectivity index (χ2v) is 14.2. The van der Waals surface area contributed by atoms with Gasteiger partial charge < -0.3 is 61.3 Å². The Labute approximate surface area is 260 Å². The maximum atomic E-state index is 5.71. The maximum absolute atomic E-state index is 5.71. The smallest absolute Gasteiger partial charge is 0.183 e. The Morgan fingerprint density at radius 1 is 0.326 bits per heavy atom. The molecule has 43 heavy (non-hydrogen) atoms. The molecule has 0 amide bonds. The standard InChI is InChI=1S/C29H60O13Si/c1-5-30-6-7-31-8-9-32-10-11-33-12-13-34-14-15-35-16-17-36-18-19-37-20-21-38-22-23-39-24-25-40-26-27-41-28-29-42-43(2,3)4/h5H,1,6-29H2,2-4H3. The molecule has 0 spiro atoms. The molecule has 0 aliphatic heterocycles. The fourth-order valence-electron chi connectivity index (χ4n) is 2.90. The normalized spacial score (nSPS) is 11.8. The summed E-state index contributed by atoms with van der Waals surface area (Å²) in [6.45, 7) is 22.7. The van der Waals surface area contributed by atoms with Crippen molar-refractivity contribution in [2.45, 2.75) is 19.6 Å². The van der Waals surface area contributed by atoms with Crippen molar-refractivity contribution in [1.29, 1.82) is 0 Å². The molecule has 0 radical (unpaired) electrons. The van der Waals surface area contributed by atoms with E-state index in [0.717, 1.165) is 0 Å². The molecule has 0 fully saturated rings. The van der Waals surface area contributed by atoms with Gasteiger partial charge in [0.05, 0.1) is 158 Å². The zero-order chi connectivity index (χ0) is 31.4. The van der Waals surface area contributed by atoms with Gasteiger partial charge in [0, 0.05) is 0 Å². The van der Waals surface area contributed by atoms with Crippen LogP contribution >= 0.6 is 0 Å². The zero-order valence-electron chi connectivity index (χ0n) is 27.1. The first-order valence-electron chi connectivity index (χ1n) is 15.3. The summed E-state index contributed by atoms with van der Waals surface area (Å²) in [7, 11) is -1.45. The van der Waals surface area contributed by atoms with Crippen LogP contribution < -0.4 is 0 Å². The van der Waals surface area contributed by atoms with Crippen LogP contribution in [-0.2, 0) is 61.3 Å². The van der Waals surface area contributed by atoms with Crippen LogP contribution in [0.3, 0.4) is 0 Å². The highest BCUT2D eigenvalue weighted by atomic mass is 28.4. The fourth-order valence-corrected chi connectivity index (χ4v) is 3.59. The monoisotopic (exact) mass is 644 g/mol. The van der Waals surface area contributed by atoms with Gasteiger partial charge in [0.1, 0.15) is 6.61 Å². The van der Waals surface area contributed by atoms with Gasteiger partial charge in [-0.15, -0.1) is 0 Å². The average molecular weight is 645 g/mol. The third-order valence-electron chi connectivity index (χ3n) is 4.95. The molecule has 0 N–H and O–H groups in total. The van der Waals surface area contributed by atoms with E-state index in [1.165, 1.54) is 6.26 Å². The van der Waals surface area contributed by atoms with Gasteiger partial charge in [-0.3, -0.25) is 0 Å². The minimum atomic E-state index is -1.45. The molecule has 0 unspecified atom stereocenters. The van der Waals surface area contributed by atoms with Crippen molar-refractivity contribution in [3.8, 4) is 0 Å². The van der Waals surface area contributed by atoms with Gasteiger partial charge in [0.15, 0.2) is 8.32 Å². The first-order chi connectivity index (χ1) is 21.1. The van der Waals surface area contributed by atoms with Crippen molar-refractivity contribution in [3.63, 3.8) is 0 Å². The Morgan fingerprint density at radius 3 is 0.698 bits per heavy atom. The lowest BCUT2D eigenvalue weighted by atomic mass is 10.6. The molecular formula is C29H60O13Si. The third-order valence-corrected chi connectivity index (χ3v) is 6.02. The SMILES string of the molecule is C=COCCOCCOCCOCCOCCOCCOCCOCCOCCOCCOCCOCCO[Si](C)(C)C. The highest BCUT2D eigenvalue weighted by Gasteiger charge is 2.13. The quantitative estimate of drug-likeness (QED) is 0.0555. The molecule has 0 atom stereocenters. The van der Waals surface area contributed by atoms with Crippen LogP contribution in [0.4, 0.5) is 0 Å². The molecule has 0 bridgehead atoms. The molecule has 0 aliphatic carbocycles. The summed E-state index contributed by atoms with van der Waals surface area (Å²) in [5.74, 6) is 0. The van der Waals surface area contributed by atoms with E-state index in [4.69, 9.17) is 61.3 Å². The van der Waals surface area contributed by atoms with Crippen LogP contribution in [-0.4, -0.2) is 167 Å². The summed E-state index contributed by atoms with van der Waals surface area (Å²) in [4.78, 5) is 0. The summed E-state index contributed by atoms with van der Waals surface area (Å²) in [5, 5.41) is 0. The predicted molar refractivity (Wildman–Crippen MR) is 164 cm³/mol. The molecule has 0 aliphatic rings. The van der Waals surface area contributed by atoms with Crippen LogP contribution in [0.1, 0.15) is 0 Å². The summed E-state index contributed by atoms with van der Waals surface area (Å²) >= 11 is 0. The maximum Gasteiger partial charge on any atom is 0.183 e. The molecule has 0 saturated heterocycles.